The third-order valence-corrected chi connectivity index (χ3v) is 4.05. The van der Waals surface area contributed by atoms with E-state index in [4.69, 9.17) is 15.2 Å². The quantitative estimate of drug-likeness (QED) is 0.429. The van der Waals surface area contributed by atoms with E-state index < -0.39 is 24.4 Å². The van der Waals surface area contributed by atoms with Gasteiger partial charge in [-0.2, -0.15) is 0 Å². The zero-order valence-electron chi connectivity index (χ0n) is 16.5. The molecule has 2 amide bonds. The predicted molar refractivity (Wildman–Crippen MR) is 117 cm³/mol. The summed E-state index contributed by atoms with van der Waals surface area (Å²) >= 11 is 0. The van der Waals surface area contributed by atoms with Gasteiger partial charge >= 0.3 is 5.97 Å². The highest BCUT2D eigenvalue weighted by molar-refractivity contribution is 5.96. The van der Waals surface area contributed by atoms with Crippen LogP contribution in [0.1, 0.15) is 15.9 Å². The van der Waals surface area contributed by atoms with Crippen LogP contribution in [0.5, 0.6) is 11.5 Å². The molecule has 0 aromatic heterocycles. The fraction of sp³-hybridized carbons (Fsp3) is 0.0417. The fourth-order valence-electron chi connectivity index (χ4n) is 2.57. The number of hydrogen-bond donors (Lipinski definition) is 2. The second kappa shape index (κ2) is 10.4. The van der Waals surface area contributed by atoms with Crippen molar-refractivity contribution < 1.29 is 23.9 Å². The van der Waals surface area contributed by atoms with Crippen molar-refractivity contribution in [2.75, 3.05) is 11.9 Å². The van der Waals surface area contributed by atoms with Crippen LogP contribution in [0.15, 0.2) is 84.9 Å². The number of nitrogens with one attached hydrogen (secondary N) is 1. The molecule has 7 nitrogen and oxygen atoms in total. The SMILES string of the molecule is NC(=O)c1ccc(NC(=O)COC(=O)/C=C/c2cccc(Oc3ccccc3)c2)cc1. The van der Waals surface area contributed by atoms with Crippen molar-refractivity contribution >= 4 is 29.5 Å². The average Bonchev–Trinajstić information content (AvgIpc) is 2.77. The smallest absolute Gasteiger partial charge is 0.331 e. The van der Waals surface area contributed by atoms with E-state index in [1.807, 2.05) is 42.5 Å². The predicted octanol–water partition coefficient (Wildman–Crippen LogP) is 3.77. The average molecular weight is 416 g/mol. The second-order valence-electron chi connectivity index (χ2n) is 6.42. The first-order chi connectivity index (χ1) is 15.0. The Morgan fingerprint density at radius 1 is 0.871 bits per heavy atom. The largest absolute Gasteiger partial charge is 0.457 e. The minimum atomic E-state index is -0.659. The first kappa shape index (κ1) is 21.3. The van der Waals surface area contributed by atoms with Crippen molar-refractivity contribution in [2.24, 2.45) is 5.73 Å². The van der Waals surface area contributed by atoms with Gasteiger partial charge in [-0.25, -0.2) is 4.79 Å². The highest BCUT2D eigenvalue weighted by atomic mass is 16.5. The lowest BCUT2D eigenvalue weighted by molar-refractivity contribution is -0.142. The van der Waals surface area contributed by atoms with Gasteiger partial charge in [0.25, 0.3) is 5.91 Å². The first-order valence-corrected chi connectivity index (χ1v) is 9.37. The molecule has 0 saturated heterocycles. The van der Waals surface area contributed by atoms with Crippen LogP contribution < -0.4 is 15.8 Å². The van der Waals surface area contributed by atoms with Gasteiger partial charge in [-0.15, -0.1) is 0 Å². The number of amides is 2. The summed E-state index contributed by atoms with van der Waals surface area (Å²) < 4.78 is 10.7. The van der Waals surface area contributed by atoms with Gasteiger partial charge < -0.3 is 20.5 Å². The van der Waals surface area contributed by atoms with E-state index >= 15 is 0 Å². The van der Waals surface area contributed by atoms with E-state index in [0.29, 0.717) is 22.7 Å². The number of para-hydroxylation sites is 1. The summed E-state index contributed by atoms with van der Waals surface area (Å²) in [4.78, 5) is 34.8. The summed E-state index contributed by atoms with van der Waals surface area (Å²) in [5, 5.41) is 2.56. The summed E-state index contributed by atoms with van der Waals surface area (Å²) in [5.74, 6) is -0.391. The van der Waals surface area contributed by atoms with Gasteiger partial charge in [-0.05, 0) is 60.2 Å². The summed E-state index contributed by atoms with van der Waals surface area (Å²) in [6, 6.07) is 22.6. The minimum Gasteiger partial charge on any atom is -0.457 e. The molecule has 156 valence electrons. The zero-order chi connectivity index (χ0) is 22.1. The maximum Gasteiger partial charge on any atom is 0.331 e. The number of esters is 1. The second-order valence-corrected chi connectivity index (χ2v) is 6.42. The topological polar surface area (TPSA) is 108 Å². The molecule has 0 atom stereocenters. The van der Waals surface area contributed by atoms with E-state index in [9.17, 15) is 14.4 Å². The Morgan fingerprint density at radius 3 is 2.29 bits per heavy atom. The van der Waals surface area contributed by atoms with Crippen molar-refractivity contribution in [3.8, 4) is 11.5 Å². The molecule has 3 aromatic rings. The number of hydrogen-bond acceptors (Lipinski definition) is 5. The van der Waals surface area contributed by atoms with Crippen molar-refractivity contribution in [1.82, 2.24) is 0 Å². The Kier molecular flexibility index (Phi) is 7.16. The van der Waals surface area contributed by atoms with Crippen LogP contribution >= 0.6 is 0 Å². The molecule has 0 aliphatic rings. The normalized spacial score (nSPS) is 10.5. The highest BCUT2D eigenvalue weighted by Crippen LogP contribution is 2.22. The third-order valence-electron chi connectivity index (χ3n) is 4.05. The van der Waals surface area contributed by atoms with E-state index in [1.165, 1.54) is 30.3 Å². The van der Waals surface area contributed by atoms with Gasteiger partial charge in [0.05, 0.1) is 0 Å². The van der Waals surface area contributed by atoms with Crippen molar-refractivity contribution in [2.45, 2.75) is 0 Å². The van der Waals surface area contributed by atoms with Crippen LogP contribution in [0.4, 0.5) is 5.69 Å². The van der Waals surface area contributed by atoms with Crippen LogP contribution in [0.25, 0.3) is 6.08 Å². The molecule has 3 N–H and O–H groups in total. The van der Waals surface area contributed by atoms with Gasteiger partial charge in [-0.3, -0.25) is 9.59 Å². The molecule has 0 radical (unpaired) electrons. The van der Waals surface area contributed by atoms with Gasteiger partial charge in [0.15, 0.2) is 6.61 Å². The molecule has 31 heavy (non-hydrogen) atoms. The Bertz CT molecular complexity index is 1090. The van der Waals surface area contributed by atoms with E-state index in [1.54, 1.807) is 18.2 Å². The van der Waals surface area contributed by atoms with Crippen LogP contribution in [-0.2, 0) is 14.3 Å². The molecular weight excluding hydrogens is 396 g/mol. The number of carbonyl (C=O) groups excluding carboxylic acids is 3. The van der Waals surface area contributed by atoms with Gasteiger partial charge in [0, 0.05) is 17.3 Å². The molecule has 3 rings (SSSR count). The zero-order valence-corrected chi connectivity index (χ0v) is 16.5. The summed E-state index contributed by atoms with van der Waals surface area (Å²) in [6.07, 6.45) is 2.80. The van der Waals surface area contributed by atoms with Crippen molar-refractivity contribution in [3.05, 3.63) is 96.1 Å². The third kappa shape index (κ3) is 6.86. The lowest BCUT2D eigenvalue weighted by Crippen LogP contribution is -2.20. The van der Waals surface area contributed by atoms with Crippen LogP contribution in [0.3, 0.4) is 0 Å². The number of carbonyl (C=O) groups is 3. The molecule has 7 heteroatoms. The molecule has 0 unspecified atom stereocenters. The lowest BCUT2D eigenvalue weighted by Gasteiger charge is -2.06. The number of anilines is 1. The molecular formula is C24H20N2O5. The number of nitrogens with two attached hydrogens (primary N) is 1. The van der Waals surface area contributed by atoms with Gasteiger partial charge in [0.1, 0.15) is 11.5 Å². The van der Waals surface area contributed by atoms with Crippen LogP contribution in [-0.4, -0.2) is 24.4 Å². The summed E-state index contributed by atoms with van der Waals surface area (Å²) in [6.45, 7) is -0.447. The molecule has 0 fully saturated rings. The van der Waals surface area contributed by atoms with Gasteiger partial charge in [0.2, 0.25) is 5.91 Å². The number of benzene rings is 3. The monoisotopic (exact) mass is 416 g/mol. The minimum absolute atomic E-state index is 0.327. The Balaban J connectivity index is 1.48. The highest BCUT2D eigenvalue weighted by Gasteiger charge is 2.07. The van der Waals surface area contributed by atoms with Crippen molar-refractivity contribution in [1.29, 1.82) is 0 Å². The molecule has 0 saturated carbocycles. The van der Waals surface area contributed by atoms with E-state index in [2.05, 4.69) is 5.32 Å². The maximum atomic E-state index is 11.9. The van der Waals surface area contributed by atoms with Crippen LogP contribution in [0, 0.1) is 0 Å². The Morgan fingerprint density at radius 2 is 1.58 bits per heavy atom. The van der Waals surface area contributed by atoms with Gasteiger partial charge in [-0.1, -0.05) is 30.3 Å². The van der Waals surface area contributed by atoms with Crippen molar-refractivity contribution in [3.63, 3.8) is 0 Å². The Labute approximate surface area is 179 Å². The molecule has 3 aromatic carbocycles. The summed E-state index contributed by atoms with van der Waals surface area (Å²) in [5.41, 5.74) is 6.68. The fourth-order valence-corrected chi connectivity index (χ4v) is 2.57. The molecule has 0 aliphatic carbocycles. The van der Waals surface area contributed by atoms with E-state index in [-0.39, 0.29) is 0 Å². The van der Waals surface area contributed by atoms with E-state index in [0.717, 1.165) is 5.56 Å². The number of rotatable bonds is 8. The summed E-state index contributed by atoms with van der Waals surface area (Å²) in [7, 11) is 0. The molecule has 0 aliphatic heterocycles. The van der Waals surface area contributed by atoms with Crippen LogP contribution in [0.2, 0.25) is 0 Å². The Hall–Kier alpha value is -4.39. The first-order valence-electron chi connectivity index (χ1n) is 9.37. The standard InChI is InChI=1S/C24H20N2O5/c25-24(29)18-10-12-19(13-11-18)26-22(27)16-30-23(28)14-9-17-5-4-8-21(15-17)31-20-6-2-1-3-7-20/h1-15H,16H2,(H2,25,29)(H,26,27)/b14-9+. The molecule has 0 bridgehead atoms. The lowest BCUT2D eigenvalue weighted by atomic mass is 10.2. The molecule has 0 heterocycles. The molecule has 0 spiro atoms. The number of primary amides is 1. The number of ether oxygens (including phenoxy) is 2. The maximum absolute atomic E-state index is 11.9.